The first kappa shape index (κ1) is 11.5. The van der Waals surface area contributed by atoms with Crippen molar-refractivity contribution in [2.24, 2.45) is 0 Å². The number of ether oxygens (including phenoxy) is 1. The van der Waals surface area contributed by atoms with Crippen molar-refractivity contribution in [3.8, 4) is 11.4 Å². The maximum Gasteiger partial charge on any atom is 0.266 e. The summed E-state index contributed by atoms with van der Waals surface area (Å²) >= 11 is 5.96. The average Bonchev–Trinajstić information content (AvgIpc) is 2.46. The van der Waals surface area contributed by atoms with Crippen molar-refractivity contribution in [1.29, 1.82) is 0 Å². The van der Waals surface area contributed by atoms with Crippen molar-refractivity contribution in [3.05, 3.63) is 63.7 Å². The van der Waals surface area contributed by atoms with Gasteiger partial charge in [-0.3, -0.25) is 9.36 Å². The fraction of sp³-hybridized carbons (Fsp3) is 0.0667. The topological polar surface area (TPSA) is 44.1 Å². The van der Waals surface area contributed by atoms with E-state index in [0.29, 0.717) is 27.5 Å². The molecular formula is C15H9ClN2O2. The molecule has 0 amide bonds. The molecule has 20 heavy (non-hydrogen) atoms. The predicted octanol–water partition coefficient (Wildman–Crippen LogP) is 2.93. The summed E-state index contributed by atoms with van der Waals surface area (Å²) in [5.41, 5.74) is 1.22. The van der Waals surface area contributed by atoms with Gasteiger partial charge in [0.05, 0.1) is 16.6 Å². The SMILES string of the molecule is O=c1c2ccc(Cl)cc2nc2n1-c1ccccc1OC2. The second-order valence-electron chi connectivity index (χ2n) is 4.59. The zero-order valence-electron chi connectivity index (χ0n) is 10.3. The number of hydrogen-bond donors (Lipinski definition) is 0. The lowest BCUT2D eigenvalue weighted by Gasteiger charge is -2.21. The number of fused-ring (bicyclic) bond motifs is 4. The van der Waals surface area contributed by atoms with Gasteiger partial charge < -0.3 is 4.74 Å². The average molecular weight is 285 g/mol. The summed E-state index contributed by atoms with van der Waals surface area (Å²) in [4.78, 5) is 17.2. The Morgan fingerprint density at radius 3 is 2.95 bits per heavy atom. The van der Waals surface area contributed by atoms with Crippen LogP contribution in [0.3, 0.4) is 0 Å². The molecule has 4 rings (SSSR count). The lowest BCUT2D eigenvalue weighted by Crippen LogP contribution is -2.28. The molecule has 0 unspecified atom stereocenters. The number of para-hydroxylation sites is 2. The second-order valence-corrected chi connectivity index (χ2v) is 5.02. The van der Waals surface area contributed by atoms with Gasteiger partial charge in [0.1, 0.15) is 12.4 Å². The first-order valence-corrected chi connectivity index (χ1v) is 6.55. The van der Waals surface area contributed by atoms with Gasteiger partial charge in [-0.2, -0.15) is 0 Å². The Balaban J connectivity index is 2.13. The third-order valence-electron chi connectivity index (χ3n) is 3.36. The van der Waals surface area contributed by atoms with Crippen molar-refractivity contribution in [2.75, 3.05) is 0 Å². The molecule has 0 fully saturated rings. The summed E-state index contributed by atoms with van der Waals surface area (Å²) in [6, 6.07) is 12.5. The van der Waals surface area contributed by atoms with E-state index in [4.69, 9.17) is 16.3 Å². The van der Waals surface area contributed by atoms with Crippen LogP contribution in [-0.4, -0.2) is 9.55 Å². The Morgan fingerprint density at radius 2 is 2.05 bits per heavy atom. The third-order valence-corrected chi connectivity index (χ3v) is 3.60. The number of aromatic nitrogens is 2. The Morgan fingerprint density at radius 1 is 1.20 bits per heavy atom. The van der Waals surface area contributed by atoms with Crippen LogP contribution in [0.2, 0.25) is 5.02 Å². The summed E-state index contributed by atoms with van der Waals surface area (Å²) in [7, 11) is 0. The molecule has 1 aliphatic heterocycles. The number of benzene rings is 2. The number of halogens is 1. The summed E-state index contributed by atoms with van der Waals surface area (Å²) in [5.74, 6) is 1.28. The van der Waals surface area contributed by atoms with Gasteiger partial charge in [0, 0.05) is 5.02 Å². The van der Waals surface area contributed by atoms with E-state index in [2.05, 4.69) is 4.98 Å². The molecule has 0 saturated carbocycles. The normalized spacial score (nSPS) is 12.7. The largest absolute Gasteiger partial charge is 0.483 e. The Hall–Kier alpha value is -2.33. The first-order valence-electron chi connectivity index (χ1n) is 6.17. The number of nitrogens with zero attached hydrogens (tertiary/aromatic N) is 2. The molecule has 1 aromatic heterocycles. The van der Waals surface area contributed by atoms with Crippen LogP contribution in [0.1, 0.15) is 5.82 Å². The van der Waals surface area contributed by atoms with E-state index in [-0.39, 0.29) is 12.2 Å². The molecule has 2 heterocycles. The van der Waals surface area contributed by atoms with E-state index in [9.17, 15) is 4.79 Å². The molecule has 0 spiro atoms. The maximum absolute atomic E-state index is 12.7. The highest BCUT2D eigenvalue weighted by Gasteiger charge is 2.20. The minimum absolute atomic E-state index is 0.0996. The minimum atomic E-state index is -0.0996. The van der Waals surface area contributed by atoms with Crippen molar-refractivity contribution in [2.45, 2.75) is 6.61 Å². The van der Waals surface area contributed by atoms with Gasteiger partial charge in [-0.15, -0.1) is 0 Å². The Kier molecular flexibility index (Phi) is 2.35. The van der Waals surface area contributed by atoms with Crippen LogP contribution in [-0.2, 0) is 6.61 Å². The van der Waals surface area contributed by atoms with E-state index < -0.39 is 0 Å². The molecule has 2 aromatic carbocycles. The van der Waals surface area contributed by atoms with Crippen LogP contribution in [0.15, 0.2) is 47.3 Å². The smallest absolute Gasteiger partial charge is 0.266 e. The number of rotatable bonds is 0. The molecule has 0 aliphatic carbocycles. The molecule has 0 atom stereocenters. The van der Waals surface area contributed by atoms with E-state index in [1.807, 2.05) is 24.3 Å². The molecule has 3 aromatic rings. The van der Waals surface area contributed by atoms with Crippen molar-refractivity contribution in [3.63, 3.8) is 0 Å². The summed E-state index contributed by atoms with van der Waals surface area (Å²) in [6.07, 6.45) is 0. The summed E-state index contributed by atoms with van der Waals surface area (Å²) in [5, 5.41) is 1.11. The summed E-state index contributed by atoms with van der Waals surface area (Å²) < 4.78 is 7.24. The third kappa shape index (κ3) is 1.55. The lowest BCUT2D eigenvalue weighted by molar-refractivity contribution is 0.277. The Bertz CT molecular complexity index is 902. The minimum Gasteiger partial charge on any atom is -0.483 e. The molecular weight excluding hydrogens is 276 g/mol. The van der Waals surface area contributed by atoms with Crippen LogP contribution < -0.4 is 10.3 Å². The Labute approximate surface area is 119 Å². The van der Waals surface area contributed by atoms with Gasteiger partial charge in [-0.05, 0) is 30.3 Å². The molecule has 98 valence electrons. The maximum atomic E-state index is 12.7. The molecule has 4 nitrogen and oxygen atoms in total. The highest BCUT2D eigenvalue weighted by Crippen LogP contribution is 2.28. The fourth-order valence-corrected chi connectivity index (χ4v) is 2.62. The highest BCUT2D eigenvalue weighted by molar-refractivity contribution is 6.31. The quantitative estimate of drug-likeness (QED) is 0.637. The lowest BCUT2D eigenvalue weighted by atomic mass is 10.2. The highest BCUT2D eigenvalue weighted by atomic mass is 35.5. The predicted molar refractivity (Wildman–Crippen MR) is 76.7 cm³/mol. The monoisotopic (exact) mass is 284 g/mol. The van der Waals surface area contributed by atoms with Crippen molar-refractivity contribution in [1.82, 2.24) is 9.55 Å². The fourth-order valence-electron chi connectivity index (χ4n) is 2.46. The van der Waals surface area contributed by atoms with Crippen LogP contribution in [0.5, 0.6) is 5.75 Å². The van der Waals surface area contributed by atoms with Crippen molar-refractivity contribution >= 4 is 22.5 Å². The van der Waals surface area contributed by atoms with Crippen LogP contribution in [0, 0.1) is 0 Å². The van der Waals surface area contributed by atoms with Crippen LogP contribution in [0.4, 0.5) is 0 Å². The van der Waals surface area contributed by atoms with E-state index in [1.54, 1.807) is 22.8 Å². The molecule has 0 saturated heterocycles. The van der Waals surface area contributed by atoms with Crippen LogP contribution >= 0.6 is 11.6 Å². The van der Waals surface area contributed by atoms with Gasteiger partial charge in [-0.25, -0.2) is 4.98 Å². The van der Waals surface area contributed by atoms with Gasteiger partial charge in [0.25, 0.3) is 5.56 Å². The molecule has 0 radical (unpaired) electrons. The van der Waals surface area contributed by atoms with E-state index in [0.717, 1.165) is 5.69 Å². The standard InChI is InChI=1S/C15H9ClN2O2/c16-9-5-6-10-11(7-9)17-14-8-20-13-4-2-1-3-12(13)18(14)15(10)19/h1-7H,8H2. The van der Waals surface area contributed by atoms with Crippen molar-refractivity contribution < 1.29 is 4.74 Å². The molecule has 5 heteroatoms. The zero-order chi connectivity index (χ0) is 13.7. The molecule has 0 bridgehead atoms. The van der Waals surface area contributed by atoms with Gasteiger partial charge in [0.2, 0.25) is 0 Å². The zero-order valence-corrected chi connectivity index (χ0v) is 11.1. The van der Waals surface area contributed by atoms with E-state index >= 15 is 0 Å². The first-order chi connectivity index (χ1) is 9.74. The van der Waals surface area contributed by atoms with Crippen LogP contribution in [0.25, 0.3) is 16.6 Å². The van der Waals surface area contributed by atoms with Gasteiger partial charge in [-0.1, -0.05) is 23.7 Å². The van der Waals surface area contributed by atoms with Gasteiger partial charge >= 0.3 is 0 Å². The number of hydrogen-bond acceptors (Lipinski definition) is 3. The van der Waals surface area contributed by atoms with E-state index in [1.165, 1.54) is 0 Å². The summed E-state index contributed by atoms with van der Waals surface area (Å²) in [6.45, 7) is 0.273. The van der Waals surface area contributed by atoms with Gasteiger partial charge in [0.15, 0.2) is 5.82 Å². The molecule has 0 N–H and O–H groups in total. The molecule has 1 aliphatic rings. The second kappa shape index (κ2) is 4.08.